The Kier molecular flexibility index (Phi) is 4.73. The molecule has 1 unspecified atom stereocenters. The lowest BCUT2D eigenvalue weighted by molar-refractivity contribution is -0.122. The normalized spacial score (nSPS) is 12.1. The van der Waals surface area contributed by atoms with E-state index >= 15 is 0 Å². The number of nitrogens with zero attached hydrogens (tertiary/aromatic N) is 2. The van der Waals surface area contributed by atoms with Crippen molar-refractivity contribution in [3.05, 3.63) is 48.5 Å². The van der Waals surface area contributed by atoms with Crippen molar-refractivity contribution in [2.45, 2.75) is 19.0 Å². The van der Waals surface area contributed by atoms with E-state index in [2.05, 4.69) is 10.3 Å². The van der Waals surface area contributed by atoms with Crippen LogP contribution in [0.5, 0.6) is 5.75 Å². The maximum absolute atomic E-state index is 11.8. The van der Waals surface area contributed by atoms with E-state index in [-0.39, 0.29) is 11.7 Å². The molecule has 106 valence electrons. The predicted molar refractivity (Wildman–Crippen MR) is 75.0 cm³/mol. The molecule has 0 aliphatic rings. The summed E-state index contributed by atoms with van der Waals surface area (Å²) in [6.45, 7) is 1.18. The number of benzene rings is 1. The van der Waals surface area contributed by atoms with E-state index in [0.29, 0.717) is 19.5 Å². The van der Waals surface area contributed by atoms with Gasteiger partial charge in [-0.15, -0.1) is 0 Å². The van der Waals surface area contributed by atoms with E-state index in [9.17, 15) is 9.90 Å². The molecular weight excluding hydrogens is 256 g/mol. The van der Waals surface area contributed by atoms with Crippen molar-refractivity contribution in [2.24, 2.45) is 5.73 Å². The molecule has 0 spiro atoms. The zero-order valence-electron chi connectivity index (χ0n) is 11.1. The Morgan fingerprint density at radius 1 is 1.40 bits per heavy atom. The van der Waals surface area contributed by atoms with E-state index in [0.717, 1.165) is 5.56 Å². The van der Waals surface area contributed by atoms with Gasteiger partial charge < -0.3 is 20.7 Å². The number of nitrogens with one attached hydrogen (secondary N) is 1. The number of hydrogen-bond donors (Lipinski definition) is 3. The van der Waals surface area contributed by atoms with Crippen molar-refractivity contribution in [2.75, 3.05) is 6.54 Å². The number of carbonyl (C=O) groups excluding carboxylic acids is 1. The molecule has 0 bridgehead atoms. The second-order valence-corrected chi connectivity index (χ2v) is 4.57. The Morgan fingerprint density at radius 3 is 2.80 bits per heavy atom. The van der Waals surface area contributed by atoms with Crippen LogP contribution < -0.4 is 11.1 Å². The fourth-order valence-corrected chi connectivity index (χ4v) is 1.84. The molecule has 1 heterocycles. The maximum atomic E-state index is 11.8. The molecule has 20 heavy (non-hydrogen) atoms. The van der Waals surface area contributed by atoms with E-state index < -0.39 is 6.04 Å². The van der Waals surface area contributed by atoms with Gasteiger partial charge in [-0.2, -0.15) is 0 Å². The Balaban J connectivity index is 1.75. The Labute approximate surface area is 117 Å². The fourth-order valence-electron chi connectivity index (χ4n) is 1.84. The lowest BCUT2D eigenvalue weighted by Crippen LogP contribution is -2.43. The number of nitrogens with two attached hydrogens (primary N) is 1. The minimum Gasteiger partial charge on any atom is -0.508 e. The van der Waals surface area contributed by atoms with Crippen LogP contribution in [0.4, 0.5) is 0 Å². The van der Waals surface area contributed by atoms with Gasteiger partial charge in [-0.3, -0.25) is 4.79 Å². The summed E-state index contributed by atoms with van der Waals surface area (Å²) in [5, 5.41) is 12.0. The highest BCUT2D eigenvalue weighted by molar-refractivity contribution is 5.81. The summed E-state index contributed by atoms with van der Waals surface area (Å²) in [5.41, 5.74) is 6.77. The fraction of sp³-hybridized carbons (Fsp3) is 0.286. The molecule has 0 saturated heterocycles. The zero-order valence-corrected chi connectivity index (χ0v) is 11.1. The highest BCUT2D eigenvalue weighted by Crippen LogP contribution is 2.10. The van der Waals surface area contributed by atoms with Crippen LogP contribution in [-0.4, -0.2) is 33.2 Å². The number of imidazole rings is 1. The van der Waals surface area contributed by atoms with Gasteiger partial charge in [0, 0.05) is 25.5 Å². The molecule has 0 aliphatic carbocycles. The maximum Gasteiger partial charge on any atom is 0.237 e. The smallest absolute Gasteiger partial charge is 0.237 e. The number of amides is 1. The number of carbonyl (C=O) groups is 1. The molecule has 0 fully saturated rings. The monoisotopic (exact) mass is 274 g/mol. The predicted octanol–water partition coefficient (Wildman–Crippen LogP) is 0.275. The van der Waals surface area contributed by atoms with Gasteiger partial charge in [-0.1, -0.05) is 12.1 Å². The minimum absolute atomic E-state index is 0.182. The zero-order chi connectivity index (χ0) is 14.4. The summed E-state index contributed by atoms with van der Waals surface area (Å²) < 4.78 is 1.88. The molecular formula is C14H18N4O2. The minimum atomic E-state index is -0.595. The first kappa shape index (κ1) is 14.1. The first-order valence-electron chi connectivity index (χ1n) is 6.42. The van der Waals surface area contributed by atoms with Crippen LogP contribution in [0.25, 0.3) is 0 Å². The van der Waals surface area contributed by atoms with Crippen molar-refractivity contribution in [3.8, 4) is 5.75 Å². The van der Waals surface area contributed by atoms with Gasteiger partial charge in [0.25, 0.3) is 0 Å². The van der Waals surface area contributed by atoms with Crippen LogP contribution in [0.2, 0.25) is 0 Å². The van der Waals surface area contributed by atoms with Gasteiger partial charge in [0.15, 0.2) is 0 Å². The van der Waals surface area contributed by atoms with E-state index in [4.69, 9.17) is 5.73 Å². The molecule has 0 aliphatic heterocycles. The van der Waals surface area contributed by atoms with Crippen LogP contribution in [0.1, 0.15) is 5.56 Å². The summed E-state index contributed by atoms with van der Waals surface area (Å²) in [6.07, 6.45) is 5.67. The summed E-state index contributed by atoms with van der Waals surface area (Å²) in [5.74, 6) is 0.0188. The van der Waals surface area contributed by atoms with Crippen molar-refractivity contribution < 1.29 is 9.90 Å². The Bertz CT molecular complexity index is 537. The average molecular weight is 274 g/mol. The number of phenols is 1. The van der Waals surface area contributed by atoms with Gasteiger partial charge in [0.05, 0.1) is 12.4 Å². The molecule has 6 nitrogen and oxygen atoms in total. The SMILES string of the molecule is NC(Cc1ccc(O)cc1)C(=O)NCCn1ccnc1. The van der Waals surface area contributed by atoms with Gasteiger partial charge >= 0.3 is 0 Å². The first-order valence-corrected chi connectivity index (χ1v) is 6.42. The van der Waals surface area contributed by atoms with E-state index in [1.165, 1.54) is 0 Å². The highest BCUT2D eigenvalue weighted by atomic mass is 16.3. The van der Waals surface area contributed by atoms with Crippen molar-refractivity contribution in [1.82, 2.24) is 14.9 Å². The molecule has 2 rings (SSSR count). The lowest BCUT2D eigenvalue weighted by atomic mass is 10.1. The topological polar surface area (TPSA) is 93.2 Å². The quantitative estimate of drug-likeness (QED) is 0.705. The van der Waals surface area contributed by atoms with Gasteiger partial charge in [-0.05, 0) is 24.1 Å². The third kappa shape index (κ3) is 4.10. The summed E-state index contributed by atoms with van der Waals surface area (Å²) in [4.78, 5) is 15.8. The van der Waals surface area contributed by atoms with Crippen molar-refractivity contribution >= 4 is 5.91 Å². The third-order valence-corrected chi connectivity index (χ3v) is 2.96. The van der Waals surface area contributed by atoms with Gasteiger partial charge in [-0.25, -0.2) is 4.98 Å². The number of aromatic nitrogens is 2. The van der Waals surface area contributed by atoms with Crippen molar-refractivity contribution in [1.29, 1.82) is 0 Å². The second kappa shape index (κ2) is 6.72. The average Bonchev–Trinajstić information content (AvgIpc) is 2.94. The van der Waals surface area contributed by atoms with Crippen LogP contribution in [0.3, 0.4) is 0 Å². The molecule has 4 N–H and O–H groups in total. The molecule has 0 saturated carbocycles. The Hall–Kier alpha value is -2.34. The Morgan fingerprint density at radius 2 is 2.15 bits per heavy atom. The van der Waals surface area contributed by atoms with Crippen LogP contribution in [-0.2, 0) is 17.8 Å². The summed E-state index contributed by atoms with van der Waals surface area (Å²) in [6, 6.07) is 6.09. The van der Waals surface area contributed by atoms with Crippen LogP contribution in [0, 0.1) is 0 Å². The van der Waals surface area contributed by atoms with Crippen LogP contribution >= 0.6 is 0 Å². The van der Waals surface area contributed by atoms with E-state index in [1.807, 2.05) is 10.8 Å². The molecule has 6 heteroatoms. The van der Waals surface area contributed by atoms with Gasteiger partial charge in [0.1, 0.15) is 5.75 Å². The highest BCUT2D eigenvalue weighted by Gasteiger charge is 2.13. The lowest BCUT2D eigenvalue weighted by Gasteiger charge is -2.12. The first-order chi connectivity index (χ1) is 9.65. The van der Waals surface area contributed by atoms with E-state index in [1.54, 1.807) is 36.8 Å². The number of aromatic hydroxyl groups is 1. The molecule has 1 aromatic heterocycles. The third-order valence-electron chi connectivity index (χ3n) is 2.96. The number of rotatable bonds is 6. The van der Waals surface area contributed by atoms with Gasteiger partial charge in [0.2, 0.25) is 5.91 Å². The molecule has 1 aromatic carbocycles. The second-order valence-electron chi connectivity index (χ2n) is 4.57. The number of phenolic OH excluding ortho intramolecular Hbond substituents is 1. The summed E-state index contributed by atoms with van der Waals surface area (Å²) >= 11 is 0. The molecule has 2 aromatic rings. The standard InChI is InChI=1S/C14H18N4O2/c15-13(9-11-1-3-12(19)4-2-11)14(20)17-6-8-18-7-5-16-10-18/h1-5,7,10,13,19H,6,8-9,15H2,(H,17,20). The number of hydrogen-bond acceptors (Lipinski definition) is 4. The molecule has 1 atom stereocenters. The van der Waals surface area contributed by atoms with Crippen LogP contribution in [0.15, 0.2) is 43.0 Å². The largest absolute Gasteiger partial charge is 0.508 e. The molecule has 0 radical (unpaired) electrons. The summed E-state index contributed by atoms with van der Waals surface area (Å²) in [7, 11) is 0. The molecule has 1 amide bonds. The van der Waals surface area contributed by atoms with Crippen molar-refractivity contribution in [3.63, 3.8) is 0 Å².